The third-order valence-corrected chi connectivity index (χ3v) is 7.86. The van der Waals surface area contributed by atoms with Crippen molar-refractivity contribution in [3.05, 3.63) is 0 Å². The number of nitrogens with zero attached hydrogens (tertiary/aromatic N) is 2. The average Bonchev–Trinajstić information content (AvgIpc) is 3.40. The van der Waals surface area contributed by atoms with Gasteiger partial charge in [0.1, 0.15) is 9.84 Å². The van der Waals surface area contributed by atoms with E-state index in [2.05, 4.69) is 4.90 Å². The van der Waals surface area contributed by atoms with Gasteiger partial charge in [-0.25, -0.2) is 8.42 Å². The summed E-state index contributed by atoms with van der Waals surface area (Å²) in [5.41, 5.74) is 0.0353. The van der Waals surface area contributed by atoms with E-state index in [1.807, 2.05) is 4.90 Å². The summed E-state index contributed by atoms with van der Waals surface area (Å²) < 4.78 is 23.1. The second kappa shape index (κ2) is 5.20. The van der Waals surface area contributed by atoms with E-state index in [-0.39, 0.29) is 22.8 Å². The first-order chi connectivity index (χ1) is 10.5. The minimum Gasteiger partial charge on any atom is -0.340 e. The summed E-state index contributed by atoms with van der Waals surface area (Å²) in [6, 6.07) is 0. The minimum absolute atomic E-state index is 0.0353. The molecule has 2 aliphatic heterocycles. The zero-order valence-electron chi connectivity index (χ0n) is 13.2. The molecule has 0 N–H and O–H groups in total. The third-order valence-electron chi connectivity index (χ3n) is 6.21. The Bertz CT molecular complexity index is 548. The van der Waals surface area contributed by atoms with Gasteiger partial charge in [-0.2, -0.15) is 0 Å². The van der Waals surface area contributed by atoms with Crippen LogP contribution in [0.25, 0.3) is 0 Å². The molecule has 124 valence electrons. The molecule has 4 rings (SSSR count). The van der Waals surface area contributed by atoms with E-state index < -0.39 is 9.84 Å². The number of hydrogen-bond donors (Lipinski definition) is 0. The van der Waals surface area contributed by atoms with E-state index in [4.69, 9.17) is 0 Å². The van der Waals surface area contributed by atoms with Crippen LogP contribution in [0, 0.1) is 17.3 Å². The summed E-state index contributed by atoms with van der Waals surface area (Å²) >= 11 is 0. The van der Waals surface area contributed by atoms with E-state index in [0.717, 1.165) is 38.5 Å². The molecule has 0 aromatic heterocycles. The van der Waals surface area contributed by atoms with Crippen LogP contribution in [-0.2, 0) is 14.6 Å². The van der Waals surface area contributed by atoms with Gasteiger partial charge in [0.05, 0.1) is 11.5 Å². The predicted octanol–water partition coefficient (Wildman–Crippen LogP) is 0.755. The van der Waals surface area contributed by atoms with Crippen LogP contribution in [0.15, 0.2) is 0 Å². The Kier molecular flexibility index (Phi) is 3.53. The van der Waals surface area contributed by atoms with Gasteiger partial charge in [0.2, 0.25) is 5.91 Å². The molecule has 5 nitrogen and oxygen atoms in total. The lowest BCUT2D eigenvalue weighted by atomic mass is 9.95. The van der Waals surface area contributed by atoms with Gasteiger partial charge in [-0.05, 0) is 43.4 Å². The zero-order chi connectivity index (χ0) is 15.4. The monoisotopic (exact) mass is 326 g/mol. The highest BCUT2D eigenvalue weighted by atomic mass is 32.2. The molecule has 2 aliphatic carbocycles. The zero-order valence-corrected chi connectivity index (χ0v) is 14.0. The number of carbonyl (C=O) groups is 1. The second-order valence-corrected chi connectivity index (χ2v) is 10.1. The second-order valence-electron chi connectivity index (χ2n) is 7.84. The summed E-state index contributed by atoms with van der Waals surface area (Å²) in [6.45, 7) is 4.95. The topological polar surface area (TPSA) is 57.7 Å². The van der Waals surface area contributed by atoms with Gasteiger partial charge in [0.25, 0.3) is 0 Å². The lowest BCUT2D eigenvalue weighted by molar-refractivity contribution is -0.135. The predicted molar refractivity (Wildman–Crippen MR) is 84.2 cm³/mol. The molecule has 1 unspecified atom stereocenters. The SMILES string of the molecule is O=C(C1CC12CCS(=O)(=O)CC2)N1CCN(CC2CC2)CC1. The smallest absolute Gasteiger partial charge is 0.226 e. The minimum atomic E-state index is -2.83. The molecule has 6 heteroatoms. The van der Waals surface area contributed by atoms with Crippen LogP contribution in [0.3, 0.4) is 0 Å². The molecule has 1 spiro atoms. The third kappa shape index (κ3) is 2.92. The van der Waals surface area contributed by atoms with Crippen LogP contribution >= 0.6 is 0 Å². The molecule has 1 amide bonds. The molecule has 0 aromatic rings. The van der Waals surface area contributed by atoms with E-state index >= 15 is 0 Å². The molecule has 2 heterocycles. The first-order valence-electron chi connectivity index (χ1n) is 8.69. The molecular weight excluding hydrogens is 300 g/mol. The first kappa shape index (κ1) is 14.9. The molecule has 0 aromatic carbocycles. The van der Waals surface area contributed by atoms with E-state index in [9.17, 15) is 13.2 Å². The fourth-order valence-electron chi connectivity index (χ4n) is 4.23. The Balaban J connectivity index is 1.29. The van der Waals surface area contributed by atoms with Crippen LogP contribution in [0.1, 0.15) is 32.1 Å². The highest BCUT2D eigenvalue weighted by molar-refractivity contribution is 7.91. The van der Waals surface area contributed by atoms with Gasteiger partial charge in [0.15, 0.2) is 0 Å². The Hall–Kier alpha value is -0.620. The van der Waals surface area contributed by atoms with Crippen molar-refractivity contribution in [1.29, 1.82) is 0 Å². The summed E-state index contributed by atoms with van der Waals surface area (Å²) in [4.78, 5) is 17.2. The number of hydrogen-bond acceptors (Lipinski definition) is 4. The summed E-state index contributed by atoms with van der Waals surface area (Å²) in [6.07, 6.45) is 5.09. The average molecular weight is 326 g/mol. The maximum atomic E-state index is 12.7. The molecule has 4 aliphatic rings. The molecule has 2 saturated carbocycles. The fourth-order valence-corrected chi connectivity index (χ4v) is 5.87. The number of rotatable bonds is 3. The van der Waals surface area contributed by atoms with Crippen LogP contribution in [0.2, 0.25) is 0 Å². The Morgan fingerprint density at radius 2 is 1.68 bits per heavy atom. The molecule has 4 fully saturated rings. The van der Waals surface area contributed by atoms with Crippen LogP contribution in [0.4, 0.5) is 0 Å². The van der Waals surface area contributed by atoms with Crippen LogP contribution in [0.5, 0.6) is 0 Å². The summed E-state index contributed by atoms with van der Waals surface area (Å²) in [5.74, 6) is 1.89. The lowest BCUT2D eigenvalue weighted by Crippen LogP contribution is -2.50. The van der Waals surface area contributed by atoms with Crippen molar-refractivity contribution < 1.29 is 13.2 Å². The van der Waals surface area contributed by atoms with Crippen molar-refractivity contribution in [2.75, 3.05) is 44.2 Å². The highest BCUT2D eigenvalue weighted by Crippen LogP contribution is 2.60. The molecule has 0 bridgehead atoms. The molecular formula is C16H26N2O3S. The first-order valence-corrected chi connectivity index (χ1v) is 10.5. The quantitative estimate of drug-likeness (QED) is 0.768. The summed E-state index contributed by atoms with van der Waals surface area (Å²) in [7, 11) is -2.83. The van der Waals surface area contributed by atoms with Gasteiger partial charge in [-0.15, -0.1) is 0 Å². The van der Waals surface area contributed by atoms with Gasteiger partial charge >= 0.3 is 0 Å². The number of amides is 1. The molecule has 0 radical (unpaired) electrons. The van der Waals surface area contributed by atoms with E-state index in [0.29, 0.717) is 18.7 Å². The van der Waals surface area contributed by atoms with Crippen molar-refractivity contribution in [1.82, 2.24) is 9.80 Å². The van der Waals surface area contributed by atoms with Crippen molar-refractivity contribution in [2.24, 2.45) is 17.3 Å². The van der Waals surface area contributed by atoms with Crippen LogP contribution < -0.4 is 0 Å². The number of carbonyl (C=O) groups excluding carboxylic acids is 1. The largest absolute Gasteiger partial charge is 0.340 e. The Labute approximate surface area is 132 Å². The van der Waals surface area contributed by atoms with Gasteiger partial charge in [-0.3, -0.25) is 9.69 Å². The highest BCUT2D eigenvalue weighted by Gasteiger charge is 2.60. The number of sulfone groups is 1. The summed E-state index contributed by atoms with van der Waals surface area (Å²) in [5, 5.41) is 0. The van der Waals surface area contributed by atoms with Gasteiger partial charge in [0, 0.05) is 38.6 Å². The Morgan fingerprint density at radius 1 is 1.05 bits per heavy atom. The van der Waals surface area contributed by atoms with Gasteiger partial charge < -0.3 is 4.90 Å². The molecule has 22 heavy (non-hydrogen) atoms. The Morgan fingerprint density at radius 3 is 2.27 bits per heavy atom. The maximum absolute atomic E-state index is 12.7. The fraction of sp³-hybridized carbons (Fsp3) is 0.938. The van der Waals surface area contributed by atoms with E-state index in [1.165, 1.54) is 19.4 Å². The lowest BCUT2D eigenvalue weighted by Gasteiger charge is -2.35. The molecule has 2 saturated heterocycles. The van der Waals surface area contributed by atoms with Crippen molar-refractivity contribution in [2.45, 2.75) is 32.1 Å². The maximum Gasteiger partial charge on any atom is 0.226 e. The van der Waals surface area contributed by atoms with E-state index in [1.54, 1.807) is 0 Å². The van der Waals surface area contributed by atoms with Crippen molar-refractivity contribution in [3.8, 4) is 0 Å². The van der Waals surface area contributed by atoms with Gasteiger partial charge in [-0.1, -0.05) is 0 Å². The molecule has 1 atom stereocenters. The van der Waals surface area contributed by atoms with Crippen molar-refractivity contribution in [3.63, 3.8) is 0 Å². The van der Waals surface area contributed by atoms with Crippen LogP contribution in [-0.4, -0.2) is 68.4 Å². The normalized spacial score (nSPS) is 33.8. The van der Waals surface area contributed by atoms with Crippen molar-refractivity contribution >= 4 is 15.7 Å². The standard InChI is InChI=1S/C16H26N2O3S/c19-15(14-11-16(14)3-9-22(20,21)10-4-16)18-7-5-17(6-8-18)12-13-1-2-13/h13-14H,1-12H2. The number of piperazine rings is 1.